The zero-order chi connectivity index (χ0) is 22.4. The number of hydrogen-bond acceptors (Lipinski definition) is 7. The molecule has 2 aromatic carbocycles. The van der Waals surface area contributed by atoms with Crippen LogP contribution in [0, 0.1) is 0 Å². The van der Waals surface area contributed by atoms with Gasteiger partial charge in [-0.05, 0) is 35.7 Å². The van der Waals surface area contributed by atoms with Gasteiger partial charge in [0.15, 0.2) is 11.5 Å². The molecule has 1 saturated heterocycles. The smallest absolute Gasteiger partial charge is 0.243 e. The molecule has 4 heterocycles. The molecule has 8 nitrogen and oxygen atoms in total. The first-order valence-electron chi connectivity index (χ1n) is 10.6. The van der Waals surface area contributed by atoms with Gasteiger partial charge in [0, 0.05) is 31.6 Å². The van der Waals surface area contributed by atoms with E-state index < -0.39 is 10.0 Å². The summed E-state index contributed by atoms with van der Waals surface area (Å²) in [7, 11) is -3.52. The molecule has 6 rings (SSSR count). The van der Waals surface area contributed by atoms with Crippen molar-refractivity contribution < 1.29 is 8.42 Å². The molecule has 1 aliphatic heterocycles. The summed E-state index contributed by atoms with van der Waals surface area (Å²) in [6.07, 6.45) is 0. The van der Waals surface area contributed by atoms with Crippen LogP contribution in [-0.2, 0) is 10.0 Å². The van der Waals surface area contributed by atoms with Crippen LogP contribution in [0.1, 0.15) is 0 Å². The van der Waals surface area contributed by atoms with Crippen LogP contribution >= 0.6 is 11.3 Å². The van der Waals surface area contributed by atoms with E-state index in [4.69, 9.17) is 4.98 Å². The maximum Gasteiger partial charge on any atom is 0.243 e. The Morgan fingerprint density at radius 3 is 2.33 bits per heavy atom. The van der Waals surface area contributed by atoms with Gasteiger partial charge < -0.3 is 4.90 Å². The van der Waals surface area contributed by atoms with Crippen molar-refractivity contribution in [3.8, 4) is 10.7 Å². The summed E-state index contributed by atoms with van der Waals surface area (Å²) < 4.78 is 29.6. The van der Waals surface area contributed by atoms with Gasteiger partial charge in [0.2, 0.25) is 16.0 Å². The van der Waals surface area contributed by atoms with Crippen LogP contribution < -0.4 is 4.90 Å². The molecule has 0 saturated carbocycles. The molecule has 0 radical (unpaired) electrons. The van der Waals surface area contributed by atoms with Crippen LogP contribution in [0.4, 0.5) is 5.95 Å². The fourth-order valence-corrected chi connectivity index (χ4v) is 6.36. The molecule has 3 aromatic heterocycles. The van der Waals surface area contributed by atoms with Gasteiger partial charge in [0.1, 0.15) is 0 Å². The Morgan fingerprint density at radius 2 is 1.58 bits per heavy atom. The van der Waals surface area contributed by atoms with Crippen molar-refractivity contribution in [2.75, 3.05) is 31.1 Å². The highest BCUT2D eigenvalue weighted by molar-refractivity contribution is 7.89. The van der Waals surface area contributed by atoms with Crippen molar-refractivity contribution in [1.82, 2.24) is 23.9 Å². The van der Waals surface area contributed by atoms with E-state index in [2.05, 4.69) is 15.1 Å². The lowest BCUT2D eigenvalue weighted by Crippen LogP contribution is -2.49. The lowest BCUT2D eigenvalue weighted by atomic mass is 10.2. The fourth-order valence-electron chi connectivity index (χ4n) is 4.21. The van der Waals surface area contributed by atoms with Crippen LogP contribution in [0.25, 0.3) is 27.3 Å². The lowest BCUT2D eigenvalue weighted by Gasteiger charge is -2.34. The quantitative estimate of drug-likeness (QED) is 0.395. The molecule has 0 N–H and O–H groups in total. The maximum atomic E-state index is 13.1. The highest BCUT2D eigenvalue weighted by atomic mass is 32.2. The molecule has 0 atom stereocenters. The second-order valence-electron chi connectivity index (χ2n) is 7.79. The molecule has 166 valence electrons. The Labute approximate surface area is 194 Å². The fraction of sp³-hybridized carbons (Fsp3) is 0.174. The highest BCUT2D eigenvalue weighted by Gasteiger charge is 2.30. The SMILES string of the molecule is O=S(=O)(c1ccccc1)N1CCN(c2nc3ccccc3c3nnc(-c4cccs4)n23)CC1. The molecule has 5 aromatic rings. The van der Waals surface area contributed by atoms with E-state index >= 15 is 0 Å². The third-order valence-corrected chi connectivity index (χ3v) is 8.65. The first-order valence-corrected chi connectivity index (χ1v) is 12.9. The summed E-state index contributed by atoms with van der Waals surface area (Å²) in [4.78, 5) is 8.41. The number of piperazine rings is 1. The van der Waals surface area contributed by atoms with E-state index in [1.54, 1.807) is 39.9 Å². The third kappa shape index (κ3) is 3.38. The predicted molar refractivity (Wildman–Crippen MR) is 129 cm³/mol. The number of anilines is 1. The first-order chi connectivity index (χ1) is 16.1. The maximum absolute atomic E-state index is 13.1. The molecular weight excluding hydrogens is 456 g/mol. The number of rotatable bonds is 4. The summed E-state index contributed by atoms with van der Waals surface area (Å²) in [5.74, 6) is 1.47. The number of thiophene rings is 1. The summed E-state index contributed by atoms with van der Waals surface area (Å²) in [5.41, 5.74) is 1.59. The normalized spacial score (nSPS) is 15.5. The van der Waals surface area contributed by atoms with Crippen molar-refractivity contribution in [2.24, 2.45) is 0 Å². The Hall–Kier alpha value is -3.34. The summed E-state index contributed by atoms with van der Waals surface area (Å²) in [5, 5.41) is 11.9. The molecule has 0 unspecified atom stereocenters. The average Bonchev–Trinajstić information content (AvgIpc) is 3.54. The third-order valence-electron chi connectivity index (χ3n) is 5.87. The minimum absolute atomic E-state index is 0.323. The molecule has 0 bridgehead atoms. The Morgan fingerprint density at radius 1 is 0.818 bits per heavy atom. The number of fused-ring (bicyclic) bond motifs is 3. The van der Waals surface area contributed by atoms with Crippen LogP contribution in [0.5, 0.6) is 0 Å². The minimum Gasteiger partial charge on any atom is -0.339 e. The number of para-hydroxylation sites is 1. The summed E-state index contributed by atoms with van der Waals surface area (Å²) in [6.45, 7) is 1.80. The molecule has 0 spiro atoms. The van der Waals surface area contributed by atoms with E-state index in [1.165, 1.54) is 0 Å². The van der Waals surface area contributed by atoms with Crippen LogP contribution in [0.2, 0.25) is 0 Å². The van der Waals surface area contributed by atoms with Gasteiger partial charge in [-0.3, -0.25) is 0 Å². The molecule has 1 fully saturated rings. The zero-order valence-corrected chi connectivity index (χ0v) is 19.2. The second kappa shape index (κ2) is 7.91. The van der Waals surface area contributed by atoms with Crippen molar-refractivity contribution in [3.05, 3.63) is 72.1 Å². The number of sulfonamides is 1. The van der Waals surface area contributed by atoms with Gasteiger partial charge in [0.25, 0.3) is 0 Å². The minimum atomic E-state index is -3.52. The molecule has 1 aliphatic rings. The van der Waals surface area contributed by atoms with Gasteiger partial charge >= 0.3 is 0 Å². The lowest BCUT2D eigenvalue weighted by molar-refractivity contribution is 0.382. The van der Waals surface area contributed by atoms with Gasteiger partial charge in [-0.15, -0.1) is 21.5 Å². The number of benzene rings is 2. The standard InChI is InChI=1S/C23H20N6O2S2/c30-33(31,17-7-2-1-3-8-17)28-14-12-27(13-15-28)23-24-19-10-5-4-9-18(19)21-25-26-22(29(21)23)20-11-6-16-32-20/h1-11,16H,12-15H2. The number of aromatic nitrogens is 4. The van der Waals surface area contributed by atoms with E-state index in [0.717, 1.165) is 33.2 Å². The Kier molecular flexibility index (Phi) is 4.86. The largest absolute Gasteiger partial charge is 0.339 e. The molecule has 0 aliphatic carbocycles. The van der Waals surface area contributed by atoms with Crippen LogP contribution in [-0.4, -0.2) is 58.5 Å². The molecule has 33 heavy (non-hydrogen) atoms. The zero-order valence-electron chi connectivity index (χ0n) is 17.6. The van der Waals surface area contributed by atoms with Gasteiger partial charge in [-0.25, -0.2) is 17.8 Å². The first kappa shape index (κ1) is 20.3. The molecule has 0 amide bonds. The van der Waals surface area contributed by atoms with Crippen molar-refractivity contribution in [2.45, 2.75) is 4.90 Å². The highest BCUT2D eigenvalue weighted by Crippen LogP contribution is 2.31. The van der Waals surface area contributed by atoms with E-state index in [-0.39, 0.29) is 0 Å². The summed E-state index contributed by atoms with van der Waals surface area (Å²) in [6, 6.07) is 20.5. The van der Waals surface area contributed by atoms with Gasteiger partial charge in [-0.1, -0.05) is 36.4 Å². The topological polar surface area (TPSA) is 83.7 Å². The molecule has 10 heteroatoms. The van der Waals surface area contributed by atoms with Crippen molar-refractivity contribution >= 4 is 43.9 Å². The van der Waals surface area contributed by atoms with Crippen molar-refractivity contribution in [1.29, 1.82) is 0 Å². The van der Waals surface area contributed by atoms with E-state index in [1.807, 2.05) is 52.2 Å². The number of nitrogens with zero attached hydrogens (tertiary/aromatic N) is 6. The van der Waals surface area contributed by atoms with Crippen LogP contribution in [0.15, 0.2) is 77.0 Å². The van der Waals surface area contributed by atoms with E-state index in [9.17, 15) is 8.42 Å². The summed E-state index contributed by atoms with van der Waals surface area (Å²) >= 11 is 1.60. The Balaban J connectivity index is 1.40. The average molecular weight is 477 g/mol. The molecular formula is C23H20N6O2S2. The Bertz CT molecular complexity index is 1540. The van der Waals surface area contributed by atoms with Crippen molar-refractivity contribution in [3.63, 3.8) is 0 Å². The van der Waals surface area contributed by atoms with Gasteiger partial charge in [0.05, 0.1) is 15.3 Å². The predicted octanol–water partition coefficient (Wildman–Crippen LogP) is 3.52. The van der Waals surface area contributed by atoms with E-state index in [0.29, 0.717) is 31.1 Å². The van der Waals surface area contributed by atoms with Crippen LogP contribution in [0.3, 0.4) is 0 Å². The second-order valence-corrected chi connectivity index (χ2v) is 10.7. The van der Waals surface area contributed by atoms with Gasteiger partial charge in [-0.2, -0.15) is 4.31 Å². The number of hydrogen-bond donors (Lipinski definition) is 0. The monoisotopic (exact) mass is 476 g/mol.